The molecule has 0 spiro atoms. The van der Waals surface area contributed by atoms with Crippen LogP contribution in [0.2, 0.25) is 10.0 Å². The van der Waals surface area contributed by atoms with Crippen molar-refractivity contribution in [2.24, 2.45) is 5.73 Å². The van der Waals surface area contributed by atoms with E-state index in [9.17, 15) is 0 Å². The largest absolute Gasteiger partial charge is 0.326 e. The van der Waals surface area contributed by atoms with Gasteiger partial charge in [0, 0.05) is 18.6 Å². The summed E-state index contributed by atoms with van der Waals surface area (Å²) in [6.07, 6.45) is 1.03. The van der Waals surface area contributed by atoms with Crippen molar-refractivity contribution in [2.75, 3.05) is 13.6 Å². The molecule has 1 fully saturated rings. The number of hydrogen-bond acceptors (Lipinski definition) is 2. The molecule has 1 heterocycles. The highest BCUT2D eigenvalue weighted by atomic mass is 35.5. The van der Waals surface area contributed by atoms with Crippen molar-refractivity contribution in [2.45, 2.75) is 18.5 Å². The predicted molar refractivity (Wildman–Crippen MR) is 64.4 cm³/mol. The standard InChI is InChI=1S/C11H14Cl2N2/c1-15-5-4-10(14)11(15)7-2-3-8(12)9(13)6-7/h2-3,6,10-11H,4-5,14H2,1H3. The Morgan fingerprint density at radius 2 is 2.07 bits per heavy atom. The first-order valence-electron chi connectivity index (χ1n) is 5.00. The summed E-state index contributed by atoms with van der Waals surface area (Å²) < 4.78 is 0. The second kappa shape index (κ2) is 4.30. The summed E-state index contributed by atoms with van der Waals surface area (Å²) in [5, 5.41) is 1.19. The van der Waals surface area contributed by atoms with E-state index in [1.54, 1.807) is 0 Å². The van der Waals surface area contributed by atoms with Crippen LogP contribution in [0.4, 0.5) is 0 Å². The zero-order valence-corrected chi connectivity index (χ0v) is 10.1. The molecule has 1 aromatic rings. The lowest BCUT2D eigenvalue weighted by Crippen LogP contribution is -2.29. The zero-order valence-electron chi connectivity index (χ0n) is 8.58. The van der Waals surface area contributed by atoms with Gasteiger partial charge in [0.15, 0.2) is 0 Å². The lowest BCUT2D eigenvalue weighted by Gasteiger charge is -2.23. The Balaban J connectivity index is 2.32. The second-order valence-corrected chi connectivity index (χ2v) is 4.87. The van der Waals surface area contributed by atoms with Crippen LogP contribution < -0.4 is 5.73 Å². The van der Waals surface area contributed by atoms with E-state index in [0.29, 0.717) is 10.0 Å². The van der Waals surface area contributed by atoms with Crippen molar-refractivity contribution < 1.29 is 0 Å². The molecule has 1 aromatic carbocycles. The molecule has 0 saturated carbocycles. The summed E-state index contributed by atoms with van der Waals surface area (Å²) in [5.41, 5.74) is 7.22. The minimum absolute atomic E-state index is 0.187. The topological polar surface area (TPSA) is 29.3 Å². The molecule has 1 aliphatic heterocycles. The second-order valence-electron chi connectivity index (χ2n) is 4.05. The van der Waals surface area contributed by atoms with Gasteiger partial charge in [-0.3, -0.25) is 4.90 Å². The number of halogens is 2. The van der Waals surface area contributed by atoms with Gasteiger partial charge in [0.05, 0.1) is 10.0 Å². The molecule has 0 aromatic heterocycles. The molecule has 1 aliphatic rings. The number of likely N-dealkylation sites (N-methyl/N-ethyl adjacent to an activating group) is 1. The minimum atomic E-state index is 0.187. The van der Waals surface area contributed by atoms with Gasteiger partial charge in [-0.25, -0.2) is 0 Å². The van der Waals surface area contributed by atoms with Gasteiger partial charge >= 0.3 is 0 Å². The van der Waals surface area contributed by atoms with Gasteiger partial charge in [-0.2, -0.15) is 0 Å². The van der Waals surface area contributed by atoms with Crippen molar-refractivity contribution in [1.29, 1.82) is 0 Å². The van der Waals surface area contributed by atoms with Crippen LogP contribution in [-0.4, -0.2) is 24.5 Å². The Hall–Kier alpha value is -0.280. The third-order valence-corrected chi connectivity index (χ3v) is 3.72. The smallest absolute Gasteiger partial charge is 0.0595 e. The quantitative estimate of drug-likeness (QED) is 0.824. The maximum Gasteiger partial charge on any atom is 0.0595 e. The SMILES string of the molecule is CN1CCC(N)C1c1ccc(Cl)c(Cl)c1. The van der Waals surface area contributed by atoms with Gasteiger partial charge in [0.2, 0.25) is 0 Å². The Kier molecular flexibility index (Phi) is 3.21. The monoisotopic (exact) mass is 244 g/mol. The molecule has 82 valence electrons. The van der Waals surface area contributed by atoms with Crippen molar-refractivity contribution in [3.8, 4) is 0 Å². The molecule has 2 N–H and O–H groups in total. The minimum Gasteiger partial charge on any atom is -0.326 e. The fourth-order valence-corrected chi connectivity index (χ4v) is 2.48. The van der Waals surface area contributed by atoms with Crippen LogP contribution in [0, 0.1) is 0 Å². The fourth-order valence-electron chi connectivity index (χ4n) is 2.17. The highest BCUT2D eigenvalue weighted by molar-refractivity contribution is 6.42. The van der Waals surface area contributed by atoms with Crippen LogP contribution in [0.15, 0.2) is 18.2 Å². The van der Waals surface area contributed by atoms with Gasteiger partial charge in [-0.1, -0.05) is 29.3 Å². The molecule has 2 unspecified atom stereocenters. The van der Waals surface area contributed by atoms with E-state index in [0.717, 1.165) is 18.5 Å². The van der Waals surface area contributed by atoms with Gasteiger partial charge in [0.1, 0.15) is 0 Å². The molecular weight excluding hydrogens is 231 g/mol. The first-order chi connectivity index (χ1) is 7.09. The number of benzene rings is 1. The summed E-state index contributed by atoms with van der Waals surface area (Å²) in [6.45, 7) is 1.03. The van der Waals surface area contributed by atoms with E-state index in [-0.39, 0.29) is 12.1 Å². The molecule has 1 saturated heterocycles. The molecule has 15 heavy (non-hydrogen) atoms. The molecule has 0 amide bonds. The summed E-state index contributed by atoms with van der Waals surface area (Å²) in [7, 11) is 2.08. The van der Waals surface area contributed by atoms with Crippen LogP contribution in [-0.2, 0) is 0 Å². The number of nitrogens with two attached hydrogens (primary N) is 1. The van der Waals surface area contributed by atoms with E-state index in [2.05, 4.69) is 11.9 Å². The molecular formula is C11H14Cl2N2. The molecule has 2 rings (SSSR count). The molecule has 0 radical (unpaired) electrons. The summed E-state index contributed by atoms with van der Waals surface area (Å²) >= 11 is 11.9. The van der Waals surface area contributed by atoms with Crippen molar-refractivity contribution >= 4 is 23.2 Å². The van der Waals surface area contributed by atoms with Gasteiger partial charge < -0.3 is 5.73 Å². The van der Waals surface area contributed by atoms with Crippen molar-refractivity contribution in [3.63, 3.8) is 0 Å². The summed E-state index contributed by atoms with van der Waals surface area (Å²) in [6, 6.07) is 6.20. The molecule has 2 atom stereocenters. The first-order valence-corrected chi connectivity index (χ1v) is 5.76. The maximum atomic E-state index is 6.07. The van der Waals surface area contributed by atoms with Crippen LogP contribution in [0.3, 0.4) is 0 Å². The predicted octanol–water partition coefficient (Wildman–Crippen LogP) is 2.70. The van der Waals surface area contributed by atoms with Gasteiger partial charge in [-0.15, -0.1) is 0 Å². The lowest BCUT2D eigenvalue weighted by molar-refractivity contribution is 0.304. The normalized spacial score (nSPS) is 27.2. The Morgan fingerprint density at radius 1 is 1.33 bits per heavy atom. The zero-order chi connectivity index (χ0) is 11.0. The number of nitrogens with zero attached hydrogens (tertiary/aromatic N) is 1. The summed E-state index contributed by atoms with van der Waals surface area (Å²) in [4.78, 5) is 2.25. The Labute approximate surface area is 100.0 Å². The number of rotatable bonds is 1. The molecule has 2 nitrogen and oxygen atoms in total. The van der Waals surface area contributed by atoms with E-state index >= 15 is 0 Å². The molecule has 4 heteroatoms. The lowest BCUT2D eigenvalue weighted by atomic mass is 10.0. The van der Waals surface area contributed by atoms with Crippen LogP contribution in [0.1, 0.15) is 18.0 Å². The average Bonchev–Trinajstić information content (AvgIpc) is 2.52. The van der Waals surface area contributed by atoms with Crippen molar-refractivity contribution in [1.82, 2.24) is 4.90 Å². The summed E-state index contributed by atoms with van der Waals surface area (Å²) in [5.74, 6) is 0. The van der Waals surface area contributed by atoms with Crippen LogP contribution in [0.25, 0.3) is 0 Å². The van der Waals surface area contributed by atoms with E-state index in [1.165, 1.54) is 0 Å². The number of hydrogen-bond donors (Lipinski definition) is 1. The fraction of sp³-hybridized carbons (Fsp3) is 0.455. The van der Waals surface area contributed by atoms with Crippen LogP contribution in [0.5, 0.6) is 0 Å². The average molecular weight is 245 g/mol. The highest BCUT2D eigenvalue weighted by Gasteiger charge is 2.30. The first kappa shape index (κ1) is 11.2. The van der Waals surface area contributed by atoms with Crippen LogP contribution >= 0.6 is 23.2 Å². The van der Waals surface area contributed by atoms with Gasteiger partial charge in [-0.05, 0) is 31.2 Å². The van der Waals surface area contributed by atoms with Gasteiger partial charge in [0.25, 0.3) is 0 Å². The molecule has 0 bridgehead atoms. The third-order valence-electron chi connectivity index (χ3n) is 2.98. The van der Waals surface area contributed by atoms with Crippen molar-refractivity contribution in [3.05, 3.63) is 33.8 Å². The van der Waals surface area contributed by atoms with E-state index in [4.69, 9.17) is 28.9 Å². The van der Waals surface area contributed by atoms with E-state index < -0.39 is 0 Å². The van der Waals surface area contributed by atoms with E-state index in [1.807, 2.05) is 18.2 Å². The third kappa shape index (κ3) is 2.13. The maximum absolute atomic E-state index is 6.07. The Bertz CT molecular complexity index is 358. The Morgan fingerprint density at radius 3 is 2.60 bits per heavy atom. The highest BCUT2D eigenvalue weighted by Crippen LogP contribution is 2.33. The molecule has 0 aliphatic carbocycles. The number of likely N-dealkylation sites (tertiary alicyclic amines) is 1.